The molecule has 2 N–H and O–H groups in total. The second-order valence-corrected chi connectivity index (χ2v) is 9.21. The summed E-state index contributed by atoms with van der Waals surface area (Å²) in [6.07, 6.45) is 6.01. The van der Waals surface area contributed by atoms with E-state index in [4.69, 9.17) is 14.5 Å². The third-order valence-corrected chi connectivity index (χ3v) is 6.33. The molecule has 3 heterocycles. The van der Waals surface area contributed by atoms with Gasteiger partial charge in [0.2, 0.25) is 5.95 Å². The second kappa shape index (κ2) is 11.5. The second-order valence-electron chi connectivity index (χ2n) is 9.21. The Morgan fingerprint density at radius 2 is 1.91 bits per heavy atom. The number of likely N-dealkylation sites (N-methyl/N-ethyl adjacent to an activating group) is 1. The van der Waals surface area contributed by atoms with Gasteiger partial charge in [-0.1, -0.05) is 0 Å². The van der Waals surface area contributed by atoms with Crippen LogP contribution in [0.15, 0.2) is 24.3 Å². The highest BCUT2D eigenvalue weighted by Crippen LogP contribution is 2.31. The maximum atomic E-state index is 6.07. The minimum atomic E-state index is 0.410. The van der Waals surface area contributed by atoms with Crippen LogP contribution in [-0.4, -0.2) is 79.3 Å². The van der Waals surface area contributed by atoms with E-state index in [9.17, 15) is 0 Å². The Kier molecular flexibility index (Phi) is 8.23. The summed E-state index contributed by atoms with van der Waals surface area (Å²) in [7, 11) is 3.84. The monoisotopic (exact) mass is 454 g/mol. The van der Waals surface area contributed by atoms with Gasteiger partial charge in [-0.15, -0.1) is 0 Å². The van der Waals surface area contributed by atoms with Gasteiger partial charge >= 0.3 is 0 Å². The maximum Gasteiger partial charge on any atom is 0.229 e. The predicted molar refractivity (Wildman–Crippen MR) is 133 cm³/mol. The van der Waals surface area contributed by atoms with Crippen LogP contribution in [0.3, 0.4) is 0 Å². The molecule has 33 heavy (non-hydrogen) atoms. The Hall–Kier alpha value is -2.58. The molecule has 2 aromatic rings. The number of rotatable bonds is 10. The Bertz CT molecular complexity index is 902. The van der Waals surface area contributed by atoms with Crippen molar-refractivity contribution in [2.75, 3.05) is 64.1 Å². The van der Waals surface area contributed by atoms with Gasteiger partial charge in [-0.25, -0.2) is 4.98 Å². The SMILES string of the molecule is COc1ccc(Nc2nc(C)cc(NC3CCCN(C)C3)n2)cc1OCCCN1CCCC1. The van der Waals surface area contributed by atoms with Crippen LogP contribution in [0.2, 0.25) is 0 Å². The van der Waals surface area contributed by atoms with Gasteiger partial charge in [0.1, 0.15) is 5.82 Å². The third-order valence-electron chi connectivity index (χ3n) is 6.33. The largest absolute Gasteiger partial charge is 0.493 e. The van der Waals surface area contributed by atoms with Crippen molar-refractivity contribution in [1.82, 2.24) is 19.8 Å². The summed E-state index contributed by atoms with van der Waals surface area (Å²) < 4.78 is 11.6. The molecular weight excluding hydrogens is 416 g/mol. The third kappa shape index (κ3) is 6.95. The highest BCUT2D eigenvalue weighted by Gasteiger charge is 2.18. The summed E-state index contributed by atoms with van der Waals surface area (Å²) in [6.45, 7) is 8.37. The lowest BCUT2D eigenvalue weighted by atomic mass is 10.1. The number of aryl methyl sites for hydroxylation is 1. The first-order chi connectivity index (χ1) is 16.1. The lowest BCUT2D eigenvalue weighted by Crippen LogP contribution is -2.39. The van der Waals surface area contributed by atoms with Crippen LogP contribution >= 0.6 is 0 Å². The number of nitrogens with zero attached hydrogens (tertiary/aromatic N) is 4. The van der Waals surface area contributed by atoms with Gasteiger partial charge in [0.25, 0.3) is 0 Å². The molecule has 2 aliphatic rings. The average Bonchev–Trinajstić information content (AvgIpc) is 3.30. The minimum Gasteiger partial charge on any atom is -0.493 e. The first kappa shape index (κ1) is 23.6. The highest BCUT2D eigenvalue weighted by molar-refractivity contribution is 5.60. The molecule has 2 aliphatic heterocycles. The first-order valence-corrected chi connectivity index (χ1v) is 12.2. The number of methoxy groups -OCH3 is 1. The van der Waals surface area contributed by atoms with Crippen LogP contribution in [0.25, 0.3) is 0 Å². The Morgan fingerprint density at radius 1 is 1.06 bits per heavy atom. The van der Waals surface area contributed by atoms with Gasteiger partial charge in [0.05, 0.1) is 13.7 Å². The zero-order chi connectivity index (χ0) is 23.0. The van der Waals surface area contributed by atoms with Gasteiger partial charge < -0.3 is 29.9 Å². The maximum absolute atomic E-state index is 6.07. The number of anilines is 3. The van der Waals surface area contributed by atoms with E-state index in [1.165, 1.54) is 32.4 Å². The number of likely N-dealkylation sites (tertiary alicyclic amines) is 2. The fourth-order valence-electron chi connectivity index (χ4n) is 4.66. The quantitative estimate of drug-likeness (QED) is 0.524. The Labute approximate surface area is 197 Å². The number of hydrogen-bond donors (Lipinski definition) is 2. The summed E-state index contributed by atoms with van der Waals surface area (Å²) in [4.78, 5) is 14.2. The molecule has 0 aliphatic carbocycles. The van der Waals surface area contributed by atoms with Gasteiger partial charge in [0.15, 0.2) is 11.5 Å². The van der Waals surface area contributed by atoms with E-state index in [-0.39, 0.29) is 0 Å². The van der Waals surface area contributed by atoms with Crippen molar-refractivity contribution in [3.8, 4) is 11.5 Å². The van der Waals surface area contributed by atoms with E-state index >= 15 is 0 Å². The Balaban J connectivity index is 1.38. The molecule has 1 unspecified atom stereocenters. The van der Waals surface area contributed by atoms with Gasteiger partial charge in [-0.2, -0.15) is 4.98 Å². The van der Waals surface area contributed by atoms with Crippen molar-refractivity contribution in [1.29, 1.82) is 0 Å². The smallest absolute Gasteiger partial charge is 0.229 e. The summed E-state index contributed by atoms with van der Waals surface area (Å²) in [5, 5.41) is 6.93. The lowest BCUT2D eigenvalue weighted by Gasteiger charge is -2.30. The molecule has 4 rings (SSSR count). The molecule has 0 radical (unpaired) electrons. The normalized spacial score (nSPS) is 19.4. The van der Waals surface area contributed by atoms with Crippen molar-refractivity contribution < 1.29 is 9.47 Å². The van der Waals surface area contributed by atoms with Gasteiger partial charge in [0, 0.05) is 42.6 Å². The molecule has 0 spiro atoms. The van der Waals surface area contributed by atoms with Crippen LogP contribution in [0.1, 0.15) is 37.8 Å². The van der Waals surface area contributed by atoms with E-state index in [1.807, 2.05) is 31.2 Å². The highest BCUT2D eigenvalue weighted by atomic mass is 16.5. The topological polar surface area (TPSA) is 74.8 Å². The summed E-state index contributed by atoms with van der Waals surface area (Å²) in [5.41, 5.74) is 1.80. The zero-order valence-corrected chi connectivity index (χ0v) is 20.3. The predicted octanol–water partition coefficient (Wildman–Crippen LogP) is 3.91. The van der Waals surface area contributed by atoms with E-state index in [2.05, 4.69) is 32.5 Å². The molecule has 180 valence electrons. The minimum absolute atomic E-state index is 0.410. The average molecular weight is 455 g/mol. The van der Waals surface area contributed by atoms with Crippen LogP contribution in [0, 0.1) is 6.92 Å². The van der Waals surface area contributed by atoms with Crippen LogP contribution in [0.4, 0.5) is 17.5 Å². The van der Waals surface area contributed by atoms with Crippen LogP contribution < -0.4 is 20.1 Å². The van der Waals surface area contributed by atoms with Crippen LogP contribution in [-0.2, 0) is 0 Å². The van der Waals surface area contributed by atoms with E-state index in [0.717, 1.165) is 61.2 Å². The molecule has 1 aromatic heterocycles. The Morgan fingerprint density at radius 3 is 2.70 bits per heavy atom. The number of ether oxygens (including phenoxy) is 2. The number of piperidine rings is 1. The van der Waals surface area contributed by atoms with Crippen molar-refractivity contribution in [2.45, 2.75) is 45.1 Å². The number of benzene rings is 1. The molecule has 0 amide bonds. The van der Waals surface area contributed by atoms with Gasteiger partial charge in [-0.3, -0.25) is 0 Å². The fraction of sp³-hybridized carbons (Fsp3) is 0.600. The molecule has 8 nitrogen and oxygen atoms in total. The summed E-state index contributed by atoms with van der Waals surface area (Å²) >= 11 is 0. The van der Waals surface area contributed by atoms with Crippen molar-refractivity contribution >= 4 is 17.5 Å². The molecule has 1 aromatic carbocycles. The molecule has 2 saturated heterocycles. The fourth-order valence-corrected chi connectivity index (χ4v) is 4.66. The molecule has 8 heteroatoms. The summed E-state index contributed by atoms with van der Waals surface area (Å²) in [6, 6.07) is 8.26. The number of hydrogen-bond acceptors (Lipinski definition) is 8. The number of nitrogens with one attached hydrogen (secondary N) is 2. The molecule has 2 fully saturated rings. The van der Waals surface area contributed by atoms with E-state index in [1.54, 1.807) is 7.11 Å². The molecule has 1 atom stereocenters. The number of aromatic nitrogens is 2. The lowest BCUT2D eigenvalue weighted by molar-refractivity contribution is 0.254. The summed E-state index contributed by atoms with van der Waals surface area (Å²) in [5.74, 6) is 2.90. The molecular formula is C25H38N6O2. The van der Waals surface area contributed by atoms with Crippen molar-refractivity contribution in [2.24, 2.45) is 0 Å². The standard InChI is InChI=1S/C25H38N6O2/c1-19-16-24(27-21-8-6-11-30(2)18-21)29-25(26-19)28-20-9-10-22(32-3)23(17-20)33-15-7-14-31-12-4-5-13-31/h9-10,16-17,21H,4-8,11-15,18H2,1-3H3,(H2,26,27,28,29). The zero-order valence-electron chi connectivity index (χ0n) is 20.3. The van der Waals surface area contributed by atoms with E-state index in [0.29, 0.717) is 18.6 Å². The van der Waals surface area contributed by atoms with Crippen molar-refractivity contribution in [3.63, 3.8) is 0 Å². The first-order valence-electron chi connectivity index (χ1n) is 12.2. The van der Waals surface area contributed by atoms with E-state index < -0.39 is 0 Å². The van der Waals surface area contributed by atoms with Gasteiger partial charge in [-0.05, 0) is 77.8 Å². The molecule has 0 bridgehead atoms. The van der Waals surface area contributed by atoms with Crippen molar-refractivity contribution in [3.05, 3.63) is 30.0 Å². The van der Waals surface area contributed by atoms with Crippen LogP contribution in [0.5, 0.6) is 11.5 Å². The molecule has 0 saturated carbocycles.